The Labute approximate surface area is 222 Å². The summed E-state index contributed by atoms with van der Waals surface area (Å²) in [5.41, 5.74) is -0.412. The second-order valence-electron chi connectivity index (χ2n) is 10.6. The second kappa shape index (κ2) is 13.5. The molecule has 2 rings (SSSR count). The van der Waals surface area contributed by atoms with Crippen molar-refractivity contribution in [3.63, 3.8) is 0 Å². The maximum Gasteiger partial charge on any atom is 0.306 e. The predicted octanol–water partition coefficient (Wildman–Crippen LogP) is 5.23. The minimum atomic E-state index is -3.82. The number of sulfonamides is 1. The van der Waals surface area contributed by atoms with Gasteiger partial charge in [-0.15, -0.1) is 0 Å². The quantitative estimate of drug-likeness (QED) is 0.303. The minimum absolute atomic E-state index is 0.0134. The monoisotopic (exact) mass is 562 g/mol. The summed E-state index contributed by atoms with van der Waals surface area (Å²) < 4.78 is 77.0. The number of ether oxygens (including phenoxy) is 2. The third-order valence-electron chi connectivity index (χ3n) is 5.91. The number of pyridine rings is 1. The Kier molecular flexibility index (Phi) is 11.3. The maximum absolute atomic E-state index is 13.2. The fourth-order valence-electron chi connectivity index (χ4n) is 3.87. The van der Waals surface area contributed by atoms with Crippen LogP contribution in [0.3, 0.4) is 0 Å². The van der Waals surface area contributed by atoms with E-state index < -0.39 is 33.9 Å². The lowest BCUT2D eigenvalue weighted by Gasteiger charge is -2.31. The summed E-state index contributed by atoms with van der Waals surface area (Å²) in [6.45, 7) is 6.26. The molecule has 0 saturated carbocycles. The van der Waals surface area contributed by atoms with Crippen LogP contribution in [0.15, 0.2) is 35.1 Å². The van der Waals surface area contributed by atoms with Crippen molar-refractivity contribution in [2.75, 3.05) is 19.7 Å². The lowest BCUT2D eigenvalue weighted by Crippen LogP contribution is -2.38. The van der Waals surface area contributed by atoms with Gasteiger partial charge >= 0.3 is 5.97 Å². The van der Waals surface area contributed by atoms with Crippen LogP contribution in [0.4, 0.5) is 13.2 Å². The lowest BCUT2D eigenvalue weighted by molar-refractivity contribution is -0.154. The fourth-order valence-corrected chi connectivity index (χ4v) is 5.29. The van der Waals surface area contributed by atoms with Gasteiger partial charge in [0.25, 0.3) is 0 Å². The van der Waals surface area contributed by atoms with Crippen LogP contribution in [0.1, 0.15) is 72.6 Å². The van der Waals surface area contributed by atoms with E-state index in [9.17, 15) is 31.2 Å². The number of alkyl halides is 2. The number of rotatable bonds is 13. The Morgan fingerprint density at radius 2 is 1.76 bits per heavy atom. The highest BCUT2D eigenvalue weighted by Gasteiger charge is 2.31. The normalized spacial score (nSPS) is 16.3. The maximum atomic E-state index is 13.2. The van der Waals surface area contributed by atoms with Gasteiger partial charge in [-0.3, -0.25) is 9.59 Å². The zero-order valence-electron chi connectivity index (χ0n) is 22.3. The zero-order chi connectivity index (χ0) is 28.6. The number of Topliss-reactive ketones (excluding diaryl/α,β-unsaturated/α-hetero) is 1. The van der Waals surface area contributed by atoms with E-state index in [1.54, 1.807) is 20.8 Å². The molecule has 0 bridgehead atoms. The smallest absolute Gasteiger partial charge is 0.306 e. The largest absolute Gasteiger partial charge is 0.473 e. The van der Waals surface area contributed by atoms with Crippen molar-refractivity contribution in [3.8, 4) is 5.88 Å². The Hall–Kier alpha value is -2.47. The molecule has 12 heteroatoms. The van der Waals surface area contributed by atoms with Crippen molar-refractivity contribution >= 4 is 21.8 Å². The summed E-state index contributed by atoms with van der Waals surface area (Å²) >= 11 is 0. The second-order valence-corrected chi connectivity index (χ2v) is 12.6. The molecule has 214 valence electrons. The molecule has 1 aliphatic rings. The lowest BCUT2D eigenvalue weighted by atomic mass is 9.91. The van der Waals surface area contributed by atoms with E-state index in [-0.39, 0.29) is 73.4 Å². The van der Waals surface area contributed by atoms with Crippen LogP contribution in [-0.2, 0) is 24.3 Å². The number of hydrogen-bond acceptors (Lipinski definition) is 7. The number of aromatic nitrogens is 1. The number of hydrogen-bond donors (Lipinski definition) is 0. The minimum Gasteiger partial charge on any atom is -0.473 e. The van der Waals surface area contributed by atoms with Crippen LogP contribution in [-0.4, -0.2) is 60.7 Å². The fraction of sp³-hybridized carbons (Fsp3) is 0.654. The van der Waals surface area contributed by atoms with Gasteiger partial charge < -0.3 is 9.47 Å². The van der Waals surface area contributed by atoms with Crippen molar-refractivity contribution in [1.29, 1.82) is 0 Å². The van der Waals surface area contributed by atoms with E-state index in [1.807, 2.05) is 0 Å². The molecule has 0 spiro atoms. The first-order chi connectivity index (χ1) is 17.6. The highest BCUT2D eigenvalue weighted by atomic mass is 32.2. The van der Waals surface area contributed by atoms with Crippen molar-refractivity contribution in [1.82, 2.24) is 9.29 Å². The molecule has 0 unspecified atom stereocenters. The van der Waals surface area contributed by atoms with Gasteiger partial charge in [0.1, 0.15) is 22.9 Å². The summed E-state index contributed by atoms with van der Waals surface area (Å²) in [6.07, 6.45) is 2.03. The van der Waals surface area contributed by atoms with E-state index in [2.05, 4.69) is 4.98 Å². The van der Waals surface area contributed by atoms with Gasteiger partial charge in [-0.25, -0.2) is 26.6 Å². The number of piperidine rings is 1. The first kappa shape index (κ1) is 31.7. The number of nitrogens with zero attached hydrogens (tertiary/aromatic N) is 2. The molecule has 0 atom stereocenters. The molecule has 1 aliphatic heterocycles. The van der Waals surface area contributed by atoms with Crippen molar-refractivity contribution in [2.45, 2.75) is 89.1 Å². The third-order valence-corrected chi connectivity index (χ3v) is 7.79. The van der Waals surface area contributed by atoms with E-state index in [0.717, 1.165) is 13.1 Å². The van der Waals surface area contributed by atoms with Gasteiger partial charge in [0.15, 0.2) is 0 Å². The molecule has 1 aromatic heterocycles. The van der Waals surface area contributed by atoms with Crippen molar-refractivity contribution < 1.29 is 40.7 Å². The summed E-state index contributed by atoms with van der Waals surface area (Å²) in [7, 11) is -3.82. The van der Waals surface area contributed by atoms with E-state index in [1.165, 1.54) is 16.4 Å². The van der Waals surface area contributed by atoms with Crippen LogP contribution in [0, 0.1) is 5.92 Å². The molecule has 0 aliphatic carbocycles. The number of carbonyl (C=O) groups excluding carboxylic acids is 2. The van der Waals surface area contributed by atoms with Crippen molar-refractivity contribution in [2.24, 2.45) is 5.92 Å². The molecule has 1 fully saturated rings. The van der Waals surface area contributed by atoms with Crippen molar-refractivity contribution in [3.05, 3.63) is 30.2 Å². The Morgan fingerprint density at radius 1 is 1.11 bits per heavy atom. The first-order valence-electron chi connectivity index (χ1n) is 12.6. The van der Waals surface area contributed by atoms with E-state index in [0.29, 0.717) is 19.2 Å². The molecular formula is C26H37F3N2O6S. The van der Waals surface area contributed by atoms with Crippen LogP contribution in [0.5, 0.6) is 5.88 Å². The van der Waals surface area contributed by atoms with Gasteiger partial charge in [-0.05, 0) is 64.5 Å². The Morgan fingerprint density at radius 3 is 2.29 bits per heavy atom. The number of esters is 1. The Balaban J connectivity index is 1.83. The van der Waals surface area contributed by atoms with Gasteiger partial charge in [-0.2, -0.15) is 4.31 Å². The third kappa shape index (κ3) is 11.1. The number of ketones is 1. The van der Waals surface area contributed by atoms with Gasteiger partial charge in [0, 0.05) is 44.8 Å². The molecule has 38 heavy (non-hydrogen) atoms. The summed E-state index contributed by atoms with van der Waals surface area (Å²) in [6, 6.07) is 2.71. The standard InChI is InChI=1S/C26H37F3N2O6S/c1-25(2,3)37-24(33)8-5-20(16-27)18-36-23-7-6-22(17-30-23)38(34,35)31-13-10-19(11-14-31)15-21(32)9-12-26(4,28)29/h6-7,16-17,19H,5,8-15,18H2,1-4H3. The van der Waals surface area contributed by atoms with E-state index >= 15 is 0 Å². The predicted molar refractivity (Wildman–Crippen MR) is 135 cm³/mol. The van der Waals surface area contributed by atoms with Gasteiger partial charge in [-0.1, -0.05) is 0 Å². The molecule has 0 radical (unpaired) electrons. The molecule has 8 nitrogen and oxygen atoms in total. The van der Waals surface area contributed by atoms with Gasteiger partial charge in [0.2, 0.25) is 21.8 Å². The topological polar surface area (TPSA) is 103 Å². The van der Waals surface area contributed by atoms with Gasteiger partial charge in [0.05, 0.1) is 12.5 Å². The molecular weight excluding hydrogens is 525 g/mol. The molecule has 0 amide bonds. The van der Waals surface area contributed by atoms with Crippen LogP contribution < -0.4 is 4.74 Å². The molecule has 2 heterocycles. The molecule has 0 N–H and O–H groups in total. The first-order valence-corrected chi connectivity index (χ1v) is 14.0. The number of carbonyl (C=O) groups is 2. The SMILES string of the molecule is CC(F)(F)CCC(=O)CC1CCN(S(=O)(=O)c2ccc(OCC(=CF)CCC(=O)OC(C)(C)C)nc2)CC1. The number of halogens is 3. The summed E-state index contributed by atoms with van der Waals surface area (Å²) in [5.74, 6) is -3.52. The van der Waals surface area contributed by atoms with Crippen LogP contribution >= 0.6 is 0 Å². The summed E-state index contributed by atoms with van der Waals surface area (Å²) in [4.78, 5) is 27.8. The highest BCUT2D eigenvalue weighted by molar-refractivity contribution is 7.89. The van der Waals surface area contributed by atoms with Crippen LogP contribution in [0.25, 0.3) is 0 Å². The average molecular weight is 563 g/mol. The molecule has 1 saturated heterocycles. The average Bonchev–Trinajstić information content (AvgIpc) is 2.82. The Bertz CT molecular complexity index is 1070. The summed E-state index contributed by atoms with van der Waals surface area (Å²) in [5, 5.41) is 0. The van der Waals surface area contributed by atoms with Crippen LogP contribution in [0.2, 0.25) is 0 Å². The molecule has 0 aromatic carbocycles. The van der Waals surface area contributed by atoms with E-state index in [4.69, 9.17) is 9.47 Å². The molecule has 1 aromatic rings. The zero-order valence-corrected chi connectivity index (χ0v) is 23.2. The highest BCUT2D eigenvalue weighted by Crippen LogP contribution is 2.28.